The van der Waals surface area contributed by atoms with Gasteiger partial charge in [-0.3, -0.25) is 9.69 Å². The summed E-state index contributed by atoms with van der Waals surface area (Å²) < 4.78 is 10.8. The molecule has 1 fully saturated rings. The number of nitrogens with zero attached hydrogens (tertiary/aromatic N) is 1. The van der Waals surface area contributed by atoms with Crippen LogP contribution in [0.3, 0.4) is 0 Å². The molecule has 4 heteroatoms. The smallest absolute Gasteiger partial charge is 0.163 e. The molecule has 0 radical (unpaired) electrons. The van der Waals surface area contributed by atoms with Crippen LogP contribution in [-0.2, 0) is 16.0 Å². The van der Waals surface area contributed by atoms with Gasteiger partial charge < -0.3 is 9.47 Å². The first-order valence-corrected chi connectivity index (χ1v) is 7.61. The number of benzene rings is 1. The molecule has 1 unspecified atom stereocenters. The van der Waals surface area contributed by atoms with Crippen LogP contribution in [0.4, 0.5) is 0 Å². The van der Waals surface area contributed by atoms with Gasteiger partial charge in [-0.15, -0.1) is 0 Å². The van der Waals surface area contributed by atoms with E-state index in [-0.39, 0.29) is 11.9 Å². The largest absolute Gasteiger partial charge is 0.497 e. The van der Waals surface area contributed by atoms with Gasteiger partial charge in [-0.1, -0.05) is 12.1 Å². The first kappa shape index (κ1) is 16.0. The van der Waals surface area contributed by atoms with Crippen LogP contribution in [-0.4, -0.2) is 49.6 Å². The van der Waals surface area contributed by atoms with E-state index in [1.807, 2.05) is 24.3 Å². The van der Waals surface area contributed by atoms with E-state index in [9.17, 15) is 4.79 Å². The fourth-order valence-electron chi connectivity index (χ4n) is 2.55. The molecule has 21 heavy (non-hydrogen) atoms. The van der Waals surface area contributed by atoms with E-state index in [2.05, 4.69) is 18.7 Å². The monoisotopic (exact) mass is 291 g/mol. The lowest BCUT2D eigenvalue weighted by Gasteiger charge is -2.34. The lowest BCUT2D eigenvalue weighted by atomic mass is 10.0. The molecule has 1 saturated heterocycles. The Kier molecular flexibility index (Phi) is 5.76. The van der Waals surface area contributed by atoms with Crippen LogP contribution in [0.25, 0.3) is 0 Å². The van der Waals surface area contributed by atoms with E-state index >= 15 is 0 Å². The maximum Gasteiger partial charge on any atom is 0.163 e. The predicted octanol–water partition coefficient (Wildman–Crippen LogP) is 2.31. The van der Waals surface area contributed by atoms with E-state index in [0.29, 0.717) is 19.1 Å². The van der Waals surface area contributed by atoms with Crippen molar-refractivity contribution in [2.75, 3.05) is 26.8 Å². The maximum absolute atomic E-state index is 12.3. The molecule has 0 aliphatic carbocycles. The summed E-state index contributed by atoms with van der Waals surface area (Å²) in [5, 5.41) is 0. The number of methoxy groups -OCH3 is 1. The van der Waals surface area contributed by atoms with Gasteiger partial charge in [0.05, 0.1) is 13.7 Å². The Morgan fingerprint density at radius 3 is 2.71 bits per heavy atom. The number of carbonyl (C=O) groups excluding carboxylic acids is 1. The molecule has 4 nitrogen and oxygen atoms in total. The zero-order valence-electron chi connectivity index (χ0n) is 13.2. The van der Waals surface area contributed by atoms with Gasteiger partial charge in [-0.25, -0.2) is 0 Å². The summed E-state index contributed by atoms with van der Waals surface area (Å²) in [6.45, 7) is 6.60. The van der Waals surface area contributed by atoms with Crippen molar-refractivity contribution in [1.82, 2.24) is 4.90 Å². The standard InChI is InChI=1S/C17H25NO3/c1-13(2)18-10-11-21-17(12-18)16(19)9-6-14-4-7-15(20-3)8-5-14/h4-5,7-8,13,17H,6,9-12H2,1-3H3. The highest BCUT2D eigenvalue weighted by Crippen LogP contribution is 2.15. The average Bonchev–Trinajstić information content (AvgIpc) is 2.53. The number of hydrogen-bond donors (Lipinski definition) is 0. The van der Waals surface area contributed by atoms with Gasteiger partial charge in [0.15, 0.2) is 5.78 Å². The molecule has 0 amide bonds. The number of morpholine rings is 1. The highest BCUT2D eigenvalue weighted by atomic mass is 16.5. The topological polar surface area (TPSA) is 38.8 Å². The van der Waals surface area contributed by atoms with Crippen molar-refractivity contribution in [3.05, 3.63) is 29.8 Å². The number of aryl methyl sites for hydroxylation is 1. The van der Waals surface area contributed by atoms with Gasteiger partial charge in [0.25, 0.3) is 0 Å². The zero-order chi connectivity index (χ0) is 15.2. The van der Waals surface area contributed by atoms with Crippen LogP contribution in [0.15, 0.2) is 24.3 Å². The summed E-state index contributed by atoms with van der Waals surface area (Å²) in [5.74, 6) is 1.05. The number of carbonyl (C=O) groups is 1. The van der Waals surface area contributed by atoms with Crippen molar-refractivity contribution in [1.29, 1.82) is 0 Å². The van der Waals surface area contributed by atoms with Gasteiger partial charge in [-0.2, -0.15) is 0 Å². The summed E-state index contributed by atoms with van der Waals surface area (Å²) in [6, 6.07) is 8.34. The molecular weight excluding hydrogens is 266 g/mol. The van der Waals surface area contributed by atoms with Gasteiger partial charge in [-0.05, 0) is 38.0 Å². The Labute approximate surface area is 127 Å². The summed E-state index contributed by atoms with van der Waals surface area (Å²) >= 11 is 0. The zero-order valence-corrected chi connectivity index (χ0v) is 13.2. The number of hydrogen-bond acceptors (Lipinski definition) is 4. The lowest BCUT2D eigenvalue weighted by Crippen LogP contribution is -2.48. The predicted molar refractivity (Wildman–Crippen MR) is 82.8 cm³/mol. The molecule has 0 spiro atoms. The molecule has 116 valence electrons. The Hall–Kier alpha value is -1.39. The number of rotatable bonds is 6. The summed E-state index contributed by atoms with van der Waals surface area (Å²) in [6.07, 6.45) is 1.02. The quantitative estimate of drug-likeness (QED) is 0.806. The maximum atomic E-state index is 12.3. The number of Topliss-reactive ketones (excluding diaryl/α,β-unsaturated/α-hetero) is 1. The van der Waals surface area contributed by atoms with Crippen molar-refractivity contribution in [3.8, 4) is 5.75 Å². The van der Waals surface area contributed by atoms with Crippen LogP contribution in [0.1, 0.15) is 25.8 Å². The summed E-state index contributed by atoms with van der Waals surface area (Å²) in [5.41, 5.74) is 1.15. The van der Waals surface area contributed by atoms with Crippen LogP contribution in [0.2, 0.25) is 0 Å². The second kappa shape index (κ2) is 7.57. The Morgan fingerprint density at radius 1 is 1.38 bits per heavy atom. The average molecular weight is 291 g/mol. The molecule has 1 atom stereocenters. The van der Waals surface area contributed by atoms with Crippen molar-refractivity contribution in [2.24, 2.45) is 0 Å². The third-order valence-corrected chi connectivity index (χ3v) is 4.01. The first-order valence-electron chi connectivity index (χ1n) is 7.61. The van der Waals surface area contributed by atoms with E-state index in [0.717, 1.165) is 30.8 Å². The molecule has 1 aliphatic heterocycles. The van der Waals surface area contributed by atoms with Crippen LogP contribution >= 0.6 is 0 Å². The molecule has 0 N–H and O–H groups in total. The molecule has 2 rings (SSSR count). The first-order chi connectivity index (χ1) is 10.1. The van der Waals surface area contributed by atoms with E-state index in [1.54, 1.807) is 7.11 Å². The molecule has 1 aliphatic rings. The number of ketones is 1. The van der Waals surface area contributed by atoms with Gasteiger partial charge in [0, 0.05) is 25.6 Å². The second-order valence-electron chi connectivity index (χ2n) is 5.76. The van der Waals surface area contributed by atoms with Gasteiger partial charge in [0.1, 0.15) is 11.9 Å². The Morgan fingerprint density at radius 2 is 2.10 bits per heavy atom. The highest BCUT2D eigenvalue weighted by Gasteiger charge is 2.27. The molecule has 1 heterocycles. The minimum Gasteiger partial charge on any atom is -0.497 e. The van der Waals surface area contributed by atoms with E-state index in [1.165, 1.54) is 0 Å². The highest BCUT2D eigenvalue weighted by molar-refractivity contribution is 5.83. The summed E-state index contributed by atoms with van der Waals surface area (Å²) in [4.78, 5) is 14.6. The van der Waals surface area contributed by atoms with E-state index in [4.69, 9.17) is 9.47 Å². The Bertz CT molecular complexity index is 456. The van der Waals surface area contributed by atoms with Crippen molar-refractivity contribution in [3.63, 3.8) is 0 Å². The van der Waals surface area contributed by atoms with E-state index < -0.39 is 0 Å². The lowest BCUT2D eigenvalue weighted by molar-refractivity contribution is -0.137. The summed E-state index contributed by atoms with van der Waals surface area (Å²) in [7, 11) is 1.65. The van der Waals surface area contributed by atoms with Gasteiger partial charge >= 0.3 is 0 Å². The van der Waals surface area contributed by atoms with Crippen LogP contribution in [0, 0.1) is 0 Å². The fraction of sp³-hybridized carbons (Fsp3) is 0.588. The molecule has 1 aromatic carbocycles. The molecule has 1 aromatic rings. The minimum absolute atomic E-state index is 0.205. The fourth-order valence-corrected chi connectivity index (χ4v) is 2.55. The van der Waals surface area contributed by atoms with Crippen molar-refractivity contribution in [2.45, 2.75) is 38.8 Å². The SMILES string of the molecule is COc1ccc(CCC(=O)C2CN(C(C)C)CCO2)cc1. The third-order valence-electron chi connectivity index (χ3n) is 4.01. The van der Waals surface area contributed by atoms with Crippen molar-refractivity contribution < 1.29 is 14.3 Å². The second-order valence-corrected chi connectivity index (χ2v) is 5.76. The number of ether oxygens (including phenoxy) is 2. The molecule has 0 saturated carbocycles. The van der Waals surface area contributed by atoms with Crippen molar-refractivity contribution >= 4 is 5.78 Å². The minimum atomic E-state index is -0.264. The van der Waals surface area contributed by atoms with Crippen LogP contribution < -0.4 is 4.74 Å². The molecular formula is C17H25NO3. The Balaban J connectivity index is 1.83. The van der Waals surface area contributed by atoms with Crippen LogP contribution in [0.5, 0.6) is 5.75 Å². The normalized spacial score (nSPS) is 19.7. The molecule has 0 aromatic heterocycles. The third kappa shape index (κ3) is 4.55. The van der Waals surface area contributed by atoms with Gasteiger partial charge in [0.2, 0.25) is 0 Å². The molecule has 0 bridgehead atoms.